The van der Waals surface area contributed by atoms with E-state index >= 15 is 0 Å². The molecule has 0 aliphatic carbocycles. The van der Waals surface area contributed by atoms with E-state index in [1.165, 1.54) is 0 Å². The molecule has 0 N–H and O–H groups in total. The number of ketones is 1. The summed E-state index contributed by atoms with van der Waals surface area (Å²) in [6.45, 7) is 5.56. The van der Waals surface area contributed by atoms with Gasteiger partial charge in [-0.1, -0.05) is 13.8 Å². The van der Waals surface area contributed by atoms with Crippen LogP contribution in [0.5, 0.6) is 0 Å². The molecule has 0 amide bonds. The monoisotopic (exact) mass is 204 g/mol. The number of rotatable bonds is 1. The van der Waals surface area contributed by atoms with Crippen molar-refractivity contribution in [3.05, 3.63) is 30.1 Å². The Bertz CT molecular complexity index is 471. The van der Waals surface area contributed by atoms with E-state index in [4.69, 9.17) is 0 Å². The first-order valence-electron chi connectivity index (χ1n) is 5.11. The van der Waals surface area contributed by atoms with Gasteiger partial charge in [0.1, 0.15) is 0 Å². The number of aromatic nitrogens is 2. The molecule has 2 heterocycles. The molecule has 2 aromatic rings. The summed E-state index contributed by atoms with van der Waals surface area (Å²) in [6.07, 6.45) is 1.73. The lowest BCUT2D eigenvalue weighted by atomic mass is 10.3. The molecule has 0 spiro atoms. The molecule has 0 unspecified atom stereocenters. The normalized spacial score (nSPS) is 9.60. The SMILES string of the molecule is CC.CC(=O)c1cc2ncccc2n1C. The predicted octanol–water partition coefficient (Wildman–Crippen LogP) is 2.80. The van der Waals surface area contributed by atoms with Crippen LogP contribution in [-0.2, 0) is 7.05 Å². The Labute approximate surface area is 89.7 Å². The van der Waals surface area contributed by atoms with Gasteiger partial charge in [0, 0.05) is 20.2 Å². The van der Waals surface area contributed by atoms with Gasteiger partial charge < -0.3 is 4.57 Å². The topological polar surface area (TPSA) is 34.9 Å². The molecule has 80 valence electrons. The fourth-order valence-electron chi connectivity index (χ4n) is 1.50. The zero-order valence-corrected chi connectivity index (χ0v) is 9.61. The van der Waals surface area contributed by atoms with Gasteiger partial charge in [-0.3, -0.25) is 9.78 Å². The van der Waals surface area contributed by atoms with Gasteiger partial charge in [0.15, 0.2) is 5.78 Å². The molecule has 0 fully saturated rings. The highest BCUT2D eigenvalue weighted by Gasteiger charge is 2.08. The average molecular weight is 204 g/mol. The third-order valence-corrected chi connectivity index (χ3v) is 2.17. The van der Waals surface area contributed by atoms with E-state index in [1.54, 1.807) is 13.1 Å². The minimum Gasteiger partial charge on any atom is -0.340 e. The second-order valence-corrected chi connectivity index (χ2v) is 3.05. The van der Waals surface area contributed by atoms with Crippen molar-refractivity contribution in [3.8, 4) is 0 Å². The Morgan fingerprint density at radius 1 is 1.40 bits per heavy atom. The lowest BCUT2D eigenvalue weighted by Crippen LogP contribution is -2.00. The molecule has 0 bridgehead atoms. The molecule has 0 aromatic carbocycles. The van der Waals surface area contributed by atoms with Crippen molar-refractivity contribution in [1.82, 2.24) is 9.55 Å². The lowest BCUT2D eigenvalue weighted by Gasteiger charge is -1.98. The second-order valence-electron chi connectivity index (χ2n) is 3.05. The first-order valence-corrected chi connectivity index (χ1v) is 5.11. The molecule has 15 heavy (non-hydrogen) atoms. The summed E-state index contributed by atoms with van der Waals surface area (Å²) in [4.78, 5) is 15.4. The lowest BCUT2D eigenvalue weighted by molar-refractivity contribution is 0.101. The van der Waals surface area contributed by atoms with Gasteiger partial charge in [-0.05, 0) is 18.2 Å². The highest BCUT2D eigenvalue weighted by molar-refractivity contribution is 5.97. The Morgan fingerprint density at radius 2 is 2.07 bits per heavy atom. The van der Waals surface area contributed by atoms with E-state index in [1.807, 2.05) is 43.7 Å². The Balaban J connectivity index is 0.000000531. The second kappa shape index (κ2) is 4.73. The molecule has 0 atom stereocenters. The van der Waals surface area contributed by atoms with E-state index in [0.717, 1.165) is 11.0 Å². The van der Waals surface area contributed by atoms with Gasteiger partial charge >= 0.3 is 0 Å². The summed E-state index contributed by atoms with van der Waals surface area (Å²) in [5, 5.41) is 0. The number of hydrogen-bond donors (Lipinski definition) is 0. The zero-order valence-electron chi connectivity index (χ0n) is 9.61. The van der Waals surface area contributed by atoms with Crippen LogP contribution in [0.1, 0.15) is 31.3 Å². The van der Waals surface area contributed by atoms with Crippen LogP contribution in [0.25, 0.3) is 11.0 Å². The molecule has 0 radical (unpaired) electrons. The average Bonchev–Trinajstić information content (AvgIpc) is 2.60. The van der Waals surface area contributed by atoms with E-state index in [9.17, 15) is 4.79 Å². The number of aryl methyl sites for hydroxylation is 1. The molecule has 3 heteroatoms. The first-order chi connectivity index (χ1) is 7.20. The largest absolute Gasteiger partial charge is 0.340 e. The van der Waals surface area contributed by atoms with Crippen LogP contribution in [-0.4, -0.2) is 15.3 Å². The summed E-state index contributed by atoms with van der Waals surface area (Å²) >= 11 is 0. The number of carbonyl (C=O) groups is 1. The van der Waals surface area contributed by atoms with E-state index in [0.29, 0.717) is 5.69 Å². The highest BCUT2D eigenvalue weighted by atomic mass is 16.1. The number of fused-ring (bicyclic) bond motifs is 1. The summed E-state index contributed by atoms with van der Waals surface area (Å²) < 4.78 is 1.87. The van der Waals surface area contributed by atoms with Crippen molar-refractivity contribution >= 4 is 16.8 Å². The standard InChI is InChI=1S/C10H10N2O.C2H6/c1-7(13)10-6-8-9(12(10)2)4-3-5-11-8;1-2/h3-6H,1-2H3;1-2H3. The number of Topliss-reactive ketones (excluding diaryl/α,β-unsaturated/α-hetero) is 1. The van der Waals surface area contributed by atoms with Gasteiger partial charge in [0.2, 0.25) is 0 Å². The minimum absolute atomic E-state index is 0.0699. The fourth-order valence-corrected chi connectivity index (χ4v) is 1.50. The number of nitrogens with zero attached hydrogens (tertiary/aromatic N) is 2. The van der Waals surface area contributed by atoms with Crippen LogP contribution in [0.2, 0.25) is 0 Å². The zero-order chi connectivity index (χ0) is 11.4. The van der Waals surface area contributed by atoms with Crippen LogP contribution in [0.3, 0.4) is 0 Å². The minimum atomic E-state index is 0.0699. The number of carbonyl (C=O) groups excluding carboxylic acids is 1. The third kappa shape index (κ3) is 2.06. The molecule has 2 rings (SSSR count). The Hall–Kier alpha value is -1.64. The molecular weight excluding hydrogens is 188 g/mol. The van der Waals surface area contributed by atoms with Crippen LogP contribution < -0.4 is 0 Å². The summed E-state index contributed by atoms with van der Waals surface area (Å²) in [7, 11) is 1.88. The van der Waals surface area contributed by atoms with Gasteiger partial charge in [0.25, 0.3) is 0 Å². The Kier molecular flexibility index (Phi) is 3.61. The van der Waals surface area contributed by atoms with E-state index in [-0.39, 0.29) is 5.78 Å². The molecule has 0 saturated carbocycles. The van der Waals surface area contributed by atoms with Crippen molar-refractivity contribution in [1.29, 1.82) is 0 Å². The van der Waals surface area contributed by atoms with E-state index < -0.39 is 0 Å². The molecule has 0 aliphatic heterocycles. The van der Waals surface area contributed by atoms with Gasteiger partial charge in [-0.25, -0.2) is 0 Å². The highest BCUT2D eigenvalue weighted by Crippen LogP contribution is 2.15. The maximum absolute atomic E-state index is 11.2. The van der Waals surface area contributed by atoms with Crippen LogP contribution in [0.15, 0.2) is 24.4 Å². The maximum Gasteiger partial charge on any atom is 0.176 e. The smallest absolute Gasteiger partial charge is 0.176 e. The molecule has 0 saturated heterocycles. The van der Waals surface area contributed by atoms with Crippen molar-refractivity contribution in [2.45, 2.75) is 20.8 Å². The van der Waals surface area contributed by atoms with Crippen molar-refractivity contribution in [2.75, 3.05) is 0 Å². The third-order valence-electron chi connectivity index (χ3n) is 2.17. The van der Waals surface area contributed by atoms with Gasteiger partial charge in [-0.15, -0.1) is 0 Å². The Morgan fingerprint density at radius 3 is 2.60 bits per heavy atom. The van der Waals surface area contributed by atoms with Crippen LogP contribution >= 0.6 is 0 Å². The van der Waals surface area contributed by atoms with Crippen molar-refractivity contribution < 1.29 is 4.79 Å². The van der Waals surface area contributed by atoms with Gasteiger partial charge in [0.05, 0.1) is 16.7 Å². The maximum atomic E-state index is 11.2. The fraction of sp³-hybridized carbons (Fsp3) is 0.333. The van der Waals surface area contributed by atoms with Crippen LogP contribution in [0.4, 0.5) is 0 Å². The van der Waals surface area contributed by atoms with Crippen molar-refractivity contribution in [2.24, 2.45) is 7.05 Å². The number of hydrogen-bond acceptors (Lipinski definition) is 2. The molecule has 2 aromatic heterocycles. The number of pyridine rings is 1. The molecule has 3 nitrogen and oxygen atoms in total. The first kappa shape index (κ1) is 11.4. The van der Waals surface area contributed by atoms with E-state index in [2.05, 4.69) is 4.98 Å². The van der Waals surface area contributed by atoms with Crippen LogP contribution in [0, 0.1) is 0 Å². The summed E-state index contributed by atoms with van der Waals surface area (Å²) in [6, 6.07) is 5.64. The molecular formula is C12H16N2O. The quantitative estimate of drug-likeness (QED) is 0.669. The summed E-state index contributed by atoms with van der Waals surface area (Å²) in [5.74, 6) is 0.0699. The van der Waals surface area contributed by atoms with Crippen molar-refractivity contribution in [3.63, 3.8) is 0 Å². The summed E-state index contributed by atoms with van der Waals surface area (Å²) in [5.41, 5.74) is 2.57. The molecule has 0 aliphatic rings. The predicted molar refractivity (Wildman–Crippen MR) is 62.1 cm³/mol. The van der Waals surface area contributed by atoms with Gasteiger partial charge in [-0.2, -0.15) is 0 Å².